The molecule has 0 aliphatic heterocycles. The molecule has 1 atom stereocenters. The summed E-state index contributed by atoms with van der Waals surface area (Å²) >= 11 is 0. The summed E-state index contributed by atoms with van der Waals surface area (Å²) in [5.41, 5.74) is 5.19. The second-order valence-corrected chi connectivity index (χ2v) is 4.55. The van der Waals surface area contributed by atoms with E-state index in [0.29, 0.717) is 32.1 Å². The number of methoxy groups -OCH3 is 1. The summed E-state index contributed by atoms with van der Waals surface area (Å²) in [6.07, 6.45) is 1.36. The van der Waals surface area contributed by atoms with Crippen molar-refractivity contribution in [3.8, 4) is 0 Å². The zero-order valence-electron chi connectivity index (χ0n) is 10.9. The lowest BCUT2D eigenvalue weighted by molar-refractivity contribution is -0.157. The molecule has 0 saturated carbocycles. The molecule has 4 nitrogen and oxygen atoms in total. The average molecular weight is 231 g/mol. The molecule has 0 amide bonds. The molecule has 0 fully saturated rings. The fraction of sp³-hybridized carbons (Fsp3) is 0.917. The van der Waals surface area contributed by atoms with Crippen LogP contribution in [-0.4, -0.2) is 32.8 Å². The van der Waals surface area contributed by atoms with Gasteiger partial charge in [0.15, 0.2) is 0 Å². The molecule has 0 aliphatic carbocycles. The number of hydrogen-bond acceptors (Lipinski definition) is 4. The first-order valence-corrected chi connectivity index (χ1v) is 5.88. The van der Waals surface area contributed by atoms with E-state index in [-0.39, 0.29) is 5.97 Å². The minimum absolute atomic E-state index is 0.191. The molecular formula is C12H25NO3. The molecule has 0 spiro atoms. The third-order valence-electron chi connectivity index (χ3n) is 2.68. The zero-order chi connectivity index (χ0) is 12.6. The second-order valence-electron chi connectivity index (χ2n) is 4.55. The van der Waals surface area contributed by atoms with E-state index in [0.717, 1.165) is 6.42 Å². The van der Waals surface area contributed by atoms with E-state index < -0.39 is 5.41 Å². The van der Waals surface area contributed by atoms with Gasteiger partial charge in [-0.3, -0.25) is 4.79 Å². The standard InChI is InChI=1S/C12H25NO3/c1-5-16-11(14)12(9-13,6-7-15-4)8-10(2)3/h10H,5-9,13H2,1-4H3. The summed E-state index contributed by atoms with van der Waals surface area (Å²) in [7, 11) is 1.63. The number of hydrogen-bond donors (Lipinski definition) is 1. The van der Waals surface area contributed by atoms with Crippen molar-refractivity contribution in [3.63, 3.8) is 0 Å². The van der Waals surface area contributed by atoms with Crippen LogP contribution in [0, 0.1) is 11.3 Å². The van der Waals surface area contributed by atoms with Gasteiger partial charge in [0, 0.05) is 20.3 Å². The van der Waals surface area contributed by atoms with Crippen LogP contribution in [0.4, 0.5) is 0 Å². The van der Waals surface area contributed by atoms with Gasteiger partial charge in [-0.1, -0.05) is 13.8 Å². The highest BCUT2D eigenvalue weighted by atomic mass is 16.5. The van der Waals surface area contributed by atoms with Gasteiger partial charge >= 0.3 is 5.97 Å². The maximum absolute atomic E-state index is 12.0. The van der Waals surface area contributed by atoms with Gasteiger partial charge < -0.3 is 15.2 Å². The molecule has 0 rings (SSSR count). The molecule has 0 aromatic carbocycles. The zero-order valence-corrected chi connectivity index (χ0v) is 10.9. The van der Waals surface area contributed by atoms with Crippen molar-refractivity contribution >= 4 is 5.97 Å². The van der Waals surface area contributed by atoms with Gasteiger partial charge in [-0.15, -0.1) is 0 Å². The summed E-state index contributed by atoms with van der Waals surface area (Å²) in [6, 6.07) is 0. The maximum Gasteiger partial charge on any atom is 0.313 e. The van der Waals surface area contributed by atoms with Crippen LogP contribution in [-0.2, 0) is 14.3 Å². The average Bonchev–Trinajstić information content (AvgIpc) is 2.24. The monoisotopic (exact) mass is 231 g/mol. The third kappa shape index (κ3) is 4.49. The molecule has 0 bridgehead atoms. The Morgan fingerprint density at radius 1 is 1.44 bits per heavy atom. The van der Waals surface area contributed by atoms with E-state index in [4.69, 9.17) is 15.2 Å². The van der Waals surface area contributed by atoms with Crippen molar-refractivity contribution in [1.29, 1.82) is 0 Å². The van der Waals surface area contributed by atoms with E-state index in [1.165, 1.54) is 0 Å². The number of ether oxygens (including phenoxy) is 2. The predicted molar refractivity (Wildman–Crippen MR) is 64.1 cm³/mol. The summed E-state index contributed by atoms with van der Waals surface area (Å²) in [5.74, 6) is 0.216. The number of rotatable bonds is 8. The van der Waals surface area contributed by atoms with Crippen LogP contribution in [0.3, 0.4) is 0 Å². The number of esters is 1. The van der Waals surface area contributed by atoms with Gasteiger partial charge in [-0.2, -0.15) is 0 Å². The molecule has 0 saturated heterocycles. The molecule has 2 N–H and O–H groups in total. The Bertz CT molecular complexity index is 206. The van der Waals surface area contributed by atoms with E-state index in [1.807, 2.05) is 6.92 Å². The van der Waals surface area contributed by atoms with E-state index in [1.54, 1.807) is 7.11 Å². The minimum Gasteiger partial charge on any atom is -0.466 e. The summed E-state index contributed by atoms with van der Waals surface area (Å²) < 4.78 is 10.2. The first-order chi connectivity index (χ1) is 7.52. The normalized spacial score (nSPS) is 14.9. The smallest absolute Gasteiger partial charge is 0.313 e. The van der Waals surface area contributed by atoms with Crippen LogP contribution in [0.1, 0.15) is 33.6 Å². The number of nitrogens with two attached hydrogens (primary N) is 1. The molecular weight excluding hydrogens is 206 g/mol. The lowest BCUT2D eigenvalue weighted by Crippen LogP contribution is -2.42. The Morgan fingerprint density at radius 3 is 2.44 bits per heavy atom. The molecule has 4 heteroatoms. The summed E-state index contributed by atoms with van der Waals surface area (Å²) in [6.45, 7) is 7.21. The van der Waals surface area contributed by atoms with Gasteiger partial charge in [-0.25, -0.2) is 0 Å². The first kappa shape index (κ1) is 15.4. The predicted octanol–water partition coefficient (Wildman–Crippen LogP) is 1.58. The SMILES string of the molecule is CCOC(=O)C(CN)(CCOC)CC(C)C. The van der Waals surface area contributed by atoms with Crippen LogP contribution < -0.4 is 5.73 Å². The van der Waals surface area contributed by atoms with Crippen molar-refractivity contribution in [1.82, 2.24) is 0 Å². The molecule has 0 aliphatic rings. The van der Waals surface area contributed by atoms with E-state index in [2.05, 4.69) is 13.8 Å². The topological polar surface area (TPSA) is 61.5 Å². The molecule has 0 aromatic rings. The van der Waals surface area contributed by atoms with Crippen molar-refractivity contribution < 1.29 is 14.3 Å². The Hall–Kier alpha value is -0.610. The van der Waals surface area contributed by atoms with Gasteiger partial charge in [0.25, 0.3) is 0 Å². The third-order valence-corrected chi connectivity index (χ3v) is 2.68. The van der Waals surface area contributed by atoms with Crippen LogP contribution in [0.15, 0.2) is 0 Å². The highest BCUT2D eigenvalue weighted by Crippen LogP contribution is 2.31. The summed E-state index contributed by atoms with van der Waals surface area (Å²) in [5, 5.41) is 0. The van der Waals surface area contributed by atoms with Gasteiger partial charge in [0.2, 0.25) is 0 Å². The van der Waals surface area contributed by atoms with Crippen LogP contribution in [0.2, 0.25) is 0 Å². The van der Waals surface area contributed by atoms with Gasteiger partial charge in [0.1, 0.15) is 0 Å². The lowest BCUT2D eigenvalue weighted by atomic mass is 9.77. The Balaban J connectivity index is 4.71. The largest absolute Gasteiger partial charge is 0.466 e. The molecule has 0 aromatic heterocycles. The number of carbonyl (C=O) groups is 1. The quantitative estimate of drug-likeness (QED) is 0.644. The Morgan fingerprint density at radius 2 is 2.06 bits per heavy atom. The molecule has 1 unspecified atom stereocenters. The maximum atomic E-state index is 12.0. The number of carbonyl (C=O) groups excluding carboxylic acids is 1. The molecule has 0 radical (unpaired) electrons. The Labute approximate surface area is 98.5 Å². The molecule has 96 valence electrons. The first-order valence-electron chi connectivity index (χ1n) is 5.88. The fourth-order valence-electron chi connectivity index (χ4n) is 1.92. The van der Waals surface area contributed by atoms with Crippen LogP contribution in [0.5, 0.6) is 0 Å². The lowest BCUT2D eigenvalue weighted by Gasteiger charge is -2.31. The van der Waals surface area contributed by atoms with Crippen LogP contribution >= 0.6 is 0 Å². The minimum atomic E-state index is -0.583. The molecule has 16 heavy (non-hydrogen) atoms. The van der Waals surface area contributed by atoms with E-state index >= 15 is 0 Å². The van der Waals surface area contributed by atoms with Crippen molar-refractivity contribution in [2.45, 2.75) is 33.6 Å². The van der Waals surface area contributed by atoms with Gasteiger partial charge in [-0.05, 0) is 25.7 Å². The summed E-state index contributed by atoms with van der Waals surface area (Å²) in [4.78, 5) is 12.0. The molecule has 0 heterocycles. The van der Waals surface area contributed by atoms with Gasteiger partial charge in [0.05, 0.1) is 12.0 Å². The van der Waals surface area contributed by atoms with Crippen molar-refractivity contribution in [2.75, 3.05) is 26.9 Å². The van der Waals surface area contributed by atoms with Crippen LogP contribution in [0.25, 0.3) is 0 Å². The Kier molecular flexibility index (Phi) is 7.34. The van der Waals surface area contributed by atoms with Crippen molar-refractivity contribution in [2.24, 2.45) is 17.1 Å². The fourth-order valence-corrected chi connectivity index (χ4v) is 1.92. The highest BCUT2D eigenvalue weighted by molar-refractivity contribution is 5.77. The van der Waals surface area contributed by atoms with Crippen molar-refractivity contribution in [3.05, 3.63) is 0 Å². The van der Waals surface area contributed by atoms with E-state index in [9.17, 15) is 4.79 Å². The highest BCUT2D eigenvalue weighted by Gasteiger charge is 2.38. The second kappa shape index (κ2) is 7.63.